The summed E-state index contributed by atoms with van der Waals surface area (Å²) in [5.74, 6) is -1.18. The molecule has 0 radical (unpaired) electrons. The second kappa shape index (κ2) is 9.56. The molecular formula is C23H24N2O6S2. The number of esters is 2. The molecule has 10 heteroatoms. The number of β-lactam (4-membered cyclic amide) rings is 1. The molecule has 174 valence electrons. The Morgan fingerprint density at radius 3 is 2.52 bits per heavy atom. The van der Waals surface area contributed by atoms with Crippen LogP contribution in [0.5, 0.6) is 0 Å². The van der Waals surface area contributed by atoms with Crippen molar-refractivity contribution < 1.29 is 28.7 Å². The minimum atomic E-state index is -1.17. The normalized spacial score (nSPS) is 23.8. The summed E-state index contributed by atoms with van der Waals surface area (Å²) >= 11 is 2.79. The molecule has 33 heavy (non-hydrogen) atoms. The van der Waals surface area contributed by atoms with Crippen LogP contribution in [0.1, 0.15) is 19.4 Å². The van der Waals surface area contributed by atoms with E-state index in [0.717, 1.165) is 5.56 Å². The Bertz CT molecular complexity index is 1040. The number of fused-ring (bicyclic) bond motifs is 1. The Morgan fingerprint density at radius 2 is 1.88 bits per heavy atom. The molecular weight excluding hydrogens is 464 g/mol. The quantitative estimate of drug-likeness (QED) is 0.437. The maximum absolute atomic E-state index is 13.2. The van der Waals surface area contributed by atoms with Gasteiger partial charge in [-0.3, -0.25) is 24.1 Å². The molecule has 1 aromatic carbocycles. The number of carbonyl (C=O) groups is 4. The summed E-state index contributed by atoms with van der Waals surface area (Å²) in [6.07, 6.45) is 0. The number of nitrogens with zero attached hydrogens (tertiary/aromatic N) is 2. The van der Waals surface area contributed by atoms with Gasteiger partial charge in [-0.25, -0.2) is 0 Å². The average molecular weight is 489 g/mol. The van der Waals surface area contributed by atoms with Gasteiger partial charge >= 0.3 is 11.9 Å². The molecule has 2 aromatic rings. The number of benzene rings is 1. The zero-order valence-electron chi connectivity index (χ0n) is 18.3. The van der Waals surface area contributed by atoms with Gasteiger partial charge in [-0.05, 0) is 23.1 Å². The van der Waals surface area contributed by atoms with Crippen LogP contribution in [0.2, 0.25) is 0 Å². The highest BCUT2D eigenvalue weighted by Gasteiger charge is 2.60. The van der Waals surface area contributed by atoms with Gasteiger partial charge < -0.3 is 14.4 Å². The van der Waals surface area contributed by atoms with Crippen LogP contribution in [0.4, 0.5) is 5.00 Å². The minimum absolute atomic E-state index is 0.0666. The molecule has 0 bridgehead atoms. The van der Waals surface area contributed by atoms with Crippen LogP contribution in [-0.2, 0) is 35.3 Å². The third kappa shape index (κ3) is 4.63. The van der Waals surface area contributed by atoms with E-state index >= 15 is 0 Å². The van der Waals surface area contributed by atoms with Crippen LogP contribution < -0.4 is 4.90 Å². The predicted molar refractivity (Wildman–Crippen MR) is 125 cm³/mol. The minimum Gasteiger partial charge on any atom is -0.465 e. The first kappa shape index (κ1) is 23.3. The summed E-state index contributed by atoms with van der Waals surface area (Å²) in [6, 6.07) is 12.3. The van der Waals surface area contributed by atoms with Gasteiger partial charge in [0.25, 0.3) is 0 Å². The number of thiophene rings is 1. The van der Waals surface area contributed by atoms with Crippen molar-refractivity contribution in [1.29, 1.82) is 0 Å². The van der Waals surface area contributed by atoms with Gasteiger partial charge in [0.2, 0.25) is 11.8 Å². The summed E-state index contributed by atoms with van der Waals surface area (Å²) in [5, 5.41) is 2.28. The van der Waals surface area contributed by atoms with Crippen molar-refractivity contribution in [2.24, 2.45) is 5.41 Å². The van der Waals surface area contributed by atoms with Crippen molar-refractivity contribution in [3.63, 3.8) is 0 Å². The van der Waals surface area contributed by atoms with Crippen LogP contribution in [0.15, 0.2) is 47.8 Å². The van der Waals surface area contributed by atoms with Crippen LogP contribution in [0.3, 0.4) is 0 Å². The molecule has 1 aromatic heterocycles. The van der Waals surface area contributed by atoms with E-state index in [1.54, 1.807) is 11.0 Å². The number of rotatable bonds is 7. The van der Waals surface area contributed by atoms with Gasteiger partial charge in [0.15, 0.2) is 0 Å². The Kier molecular flexibility index (Phi) is 6.76. The van der Waals surface area contributed by atoms with Crippen molar-refractivity contribution in [1.82, 2.24) is 4.90 Å². The molecule has 8 nitrogen and oxygen atoms in total. The van der Waals surface area contributed by atoms with Crippen molar-refractivity contribution in [3.8, 4) is 0 Å². The van der Waals surface area contributed by atoms with Crippen LogP contribution >= 0.6 is 23.1 Å². The number of thioether (sulfide) groups is 1. The van der Waals surface area contributed by atoms with E-state index in [1.807, 2.05) is 41.8 Å². The van der Waals surface area contributed by atoms with Gasteiger partial charge in [0.1, 0.15) is 30.0 Å². The lowest BCUT2D eigenvalue weighted by Crippen LogP contribution is -2.74. The first-order valence-electron chi connectivity index (χ1n) is 10.4. The van der Waals surface area contributed by atoms with E-state index in [4.69, 9.17) is 9.47 Å². The summed E-state index contributed by atoms with van der Waals surface area (Å²) in [4.78, 5) is 53.2. The summed E-state index contributed by atoms with van der Waals surface area (Å²) in [7, 11) is 0. The molecule has 2 aliphatic rings. The Morgan fingerprint density at radius 1 is 1.12 bits per heavy atom. The Hall–Kier alpha value is -2.85. The van der Waals surface area contributed by atoms with E-state index in [1.165, 1.54) is 41.8 Å². The van der Waals surface area contributed by atoms with Crippen molar-refractivity contribution in [2.75, 3.05) is 23.8 Å². The van der Waals surface area contributed by atoms with Crippen molar-refractivity contribution in [2.45, 2.75) is 31.9 Å². The zero-order chi connectivity index (χ0) is 23.6. The molecule has 0 spiro atoms. The van der Waals surface area contributed by atoms with Gasteiger partial charge in [-0.15, -0.1) is 23.1 Å². The van der Waals surface area contributed by atoms with Gasteiger partial charge in [0, 0.05) is 26.1 Å². The number of hydrogen-bond acceptors (Lipinski definition) is 8. The lowest BCUT2D eigenvalue weighted by atomic mass is 9.87. The standard InChI is InChI=1S/C23H24N2O6S2/c1-15(26)25(18-9-6-10-32-18)19-20(28)24-12-23(13-31-16(2)27,14-33-21(19)24)22(29)30-11-17-7-4-3-5-8-17/h3-10,19,21H,11-14H2,1-2H3/t19?,21-,23?/m1/s1. The summed E-state index contributed by atoms with van der Waals surface area (Å²) in [5.41, 5.74) is -0.338. The molecule has 2 fully saturated rings. The van der Waals surface area contributed by atoms with E-state index in [-0.39, 0.29) is 36.9 Å². The molecule has 0 saturated carbocycles. The van der Waals surface area contributed by atoms with Gasteiger partial charge in [-0.2, -0.15) is 0 Å². The predicted octanol–water partition coefficient (Wildman–Crippen LogP) is 2.68. The first-order valence-corrected chi connectivity index (χ1v) is 12.4. The lowest BCUT2D eigenvalue weighted by Gasteiger charge is -2.55. The molecule has 2 aliphatic heterocycles. The highest BCUT2D eigenvalue weighted by atomic mass is 32.2. The fourth-order valence-electron chi connectivity index (χ4n) is 3.99. The topological polar surface area (TPSA) is 93.2 Å². The molecule has 2 amide bonds. The zero-order valence-corrected chi connectivity index (χ0v) is 19.9. The Balaban J connectivity index is 1.51. The average Bonchev–Trinajstić information content (AvgIpc) is 3.34. The molecule has 0 aliphatic carbocycles. The number of anilines is 1. The maximum Gasteiger partial charge on any atom is 0.318 e. The van der Waals surface area contributed by atoms with Gasteiger partial charge in [-0.1, -0.05) is 30.3 Å². The van der Waals surface area contributed by atoms with E-state index in [0.29, 0.717) is 10.8 Å². The van der Waals surface area contributed by atoms with E-state index < -0.39 is 23.4 Å². The second-order valence-corrected chi connectivity index (χ2v) is 10.1. The van der Waals surface area contributed by atoms with Crippen LogP contribution in [-0.4, -0.2) is 59.0 Å². The SMILES string of the molecule is CC(=O)OCC1(C(=O)OCc2ccccc2)CS[C@@H]2C(N(C(C)=O)c3cccs3)C(=O)N2C1. The first-order chi connectivity index (χ1) is 15.8. The monoisotopic (exact) mass is 488 g/mol. The third-order valence-electron chi connectivity index (χ3n) is 5.68. The van der Waals surface area contributed by atoms with Crippen LogP contribution in [0, 0.1) is 5.41 Å². The highest BCUT2D eigenvalue weighted by Crippen LogP contribution is 2.46. The third-order valence-corrected chi connectivity index (χ3v) is 8.12. The van der Waals surface area contributed by atoms with Crippen molar-refractivity contribution in [3.05, 3.63) is 53.4 Å². The highest BCUT2D eigenvalue weighted by molar-refractivity contribution is 8.00. The lowest BCUT2D eigenvalue weighted by molar-refractivity contribution is -0.169. The molecule has 2 unspecified atom stereocenters. The van der Waals surface area contributed by atoms with E-state index in [2.05, 4.69) is 0 Å². The molecule has 3 atom stereocenters. The molecule has 4 rings (SSSR count). The number of carbonyl (C=O) groups excluding carboxylic acids is 4. The number of amides is 2. The fourth-order valence-corrected chi connectivity index (χ4v) is 6.36. The summed E-state index contributed by atoms with van der Waals surface area (Å²) < 4.78 is 10.8. The van der Waals surface area contributed by atoms with Gasteiger partial charge in [0.05, 0.1) is 5.00 Å². The smallest absolute Gasteiger partial charge is 0.318 e. The fraction of sp³-hybridized carbons (Fsp3) is 0.391. The van der Waals surface area contributed by atoms with E-state index in [9.17, 15) is 19.2 Å². The Labute approximate surface area is 199 Å². The maximum atomic E-state index is 13.2. The summed E-state index contributed by atoms with van der Waals surface area (Å²) in [6.45, 7) is 2.69. The second-order valence-electron chi connectivity index (χ2n) is 8.08. The number of hydrogen-bond donors (Lipinski definition) is 0. The molecule has 2 saturated heterocycles. The molecule has 3 heterocycles. The largest absolute Gasteiger partial charge is 0.465 e. The number of ether oxygens (including phenoxy) is 2. The van der Waals surface area contributed by atoms with Crippen molar-refractivity contribution >= 4 is 51.9 Å². The van der Waals surface area contributed by atoms with Crippen LogP contribution in [0.25, 0.3) is 0 Å². The molecule has 0 N–H and O–H groups in total.